The molecule has 0 aliphatic carbocycles. The fourth-order valence-corrected chi connectivity index (χ4v) is 6.27. The van der Waals surface area contributed by atoms with Gasteiger partial charge in [-0.2, -0.15) is 4.31 Å². The van der Waals surface area contributed by atoms with Gasteiger partial charge in [-0.25, -0.2) is 25.9 Å². The van der Waals surface area contributed by atoms with Crippen molar-refractivity contribution >= 4 is 60.8 Å². The summed E-state index contributed by atoms with van der Waals surface area (Å²) in [6, 6.07) is 7.51. The van der Waals surface area contributed by atoms with Crippen molar-refractivity contribution in [2.45, 2.75) is 29.1 Å². The van der Waals surface area contributed by atoms with Crippen molar-refractivity contribution in [3.05, 3.63) is 52.0 Å². The first-order valence-corrected chi connectivity index (χ1v) is 14.5. The maximum absolute atomic E-state index is 12.9. The first-order chi connectivity index (χ1) is 16.8. The van der Waals surface area contributed by atoms with Crippen LogP contribution in [-0.2, 0) is 29.6 Å². The van der Waals surface area contributed by atoms with E-state index in [1.165, 1.54) is 48.7 Å². The Hall–Kier alpha value is -2.22. The van der Waals surface area contributed by atoms with Gasteiger partial charge in [-0.1, -0.05) is 29.6 Å². The number of halogens is 2. The number of ether oxygens (including phenoxy) is 1. The van der Waals surface area contributed by atoms with E-state index < -0.39 is 38.5 Å². The molecule has 14 heteroatoms. The van der Waals surface area contributed by atoms with Crippen molar-refractivity contribution in [1.29, 1.82) is 0 Å². The maximum atomic E-state index is 12.9. The fourth-order valence-electron chi connectivity index (χ4n) is 3.44. The summed E-state index contributed by atoms with van der Waals surface area (Å²) in [4.78, 5) is 24.7. The molecule has 1 N–H and O–H groups in total. The Labute approximate surface area is 220 Å². The molecule has 196 valence electrons. The molecule has 1 saturated heterocycles. The Kier molecular flexibility index (Phi) is 9.02. The smallest absolute Gasteiger partial charge is 0.340 e. The van der Waals surface area contributed by atoms with Gasteiger partial charge >= 0.3 is 5.97 Å². The van der Waals surface area contributed by atoms with Gasteiger partial charge in [-0.05, 0) is 49.2 Å². The van der Waals surface area contributed by atoms with Gasteiger partial charge in [-0.15, -0.1) is 0 Å². The average Bonchev–Trinajstić information content (AvgIpc) is 2.84. The minimum absolute atomic E-state index is 0.0215. The van der Waals surface area contributed by atoms with Gasteiger partial charge in [0, 0.05) is 27.2 Å². The second-order valence-corrected chi connectivity index (χ2v) is 13.1. The quantitative estimate of drug-likeness (QED) is 0.476. The van der Waals surface area contributed by atoms with Crippen molar-refractivity contribution in [3.8, 4) is 0 Å². The summed E-state index contributed by atoms with van der Waals surface area (Å²) in [5.74, 6) is -1.80. The number of rotatable bonds is 8. The second kappa shape index (κ2) is 11.4. The zero-order valence-electron chi connectivity index (χ0n) is 19.5. The molecule has 1 fully saturated rings. The summed E-state index contributed by atoms with van der Waals surface area (Å²) in [5.41, 5.74) is -0.201. The highest BCUT2D eigenvalue weighted by Crippen LogP contribution is 2.28. The predicted molar refractivity (Wildman–Crippen MR) is 135 cm³/mol. The van der Waals surface area contributed by atoms with E-state index in [4.69, 9.17) is 27.9 Å². The molecule has 1 amide bonds. The number of carbonyl (C=O) groups excluding carboxylic acids is 2. The molecule has 0 aromatic heterocycles. The third kappa shape index (κ3) is 6.36. The summed E-state index contributed by atoms with van der Waals surface area (Å²) in [5, 5.41) is 2.47. The minimum atomic E-state index is -3.83. The van der Waals surface area contributed by atoms with E-state index in [-0.39, 0.29) is 31.1 Å². The molecule has 1 heterocycles. The van der Waals surface area contributed by atoms with Crippen molar-refractivity contribution in [3.63, 3.8) is 0 Å². The molecule has 10 nitrogen and oxygen atoms in total. The zero-order valence-corrected chi connectivity index (χ0v) is 22.7. The van der Waals surface area contributed by atoms with Gasteiger partial charge in [0.25, 0.3) is 5.91 Å². The Morgan fingerprint density at radius 1 is 0.944 bits per heavy atom. The van der Waals surface area contributed by atoms with Crippen LogP contribution in [0.1, 0.15) is 29.6 Å². The summed E-state index contributed by atoms with van der Waals surface area (Å²) >= 11 is 12.2. The lowest BCUT2D eigenvalue weighted by atomic mass is 10.2. The number of nitrogens with zero attached hydrogens (tertiary/aromatic N) is 2. The Morgan fingerprint density at radius 2 is 1.56 bits per heavy atom. The van der Waals surface area contributed by atoms with E-state index in [0.717, 1.165) is 29.6 Å². The van der Waals surface area contributed by atoms with Gasteiger partial charge in [0.05, 0.1) is 31.1 Å². The second-order valence-electron chi connectivity index (χ2n) is 8.16. The van der Waals surface area contributed by atoms with Crippen LogP contribution in [-0.4, -0.2) is 71.1 Å². The first kappa shape index (κ1) is 28.4. The molecule has 36 heavy (non-hydrogen) atoms. The molecule has 0 radical (unpaired) electrons. The molecule has 0 bridgehead atoms. The molecular weight excluding hydrogens is 553 g/mol. The van der Waals surface area contributed by atoms with Gasteiger partial charge in [0.15, 0.2) is 6.61 Å². The fraction of sp³-hybridized carbons (Fsp3) is 0.364. The number of sulfonamides is 2. The number of nitrogens with one attached hydrogen (secondary N) is 1. The van der Waals surface area contributed by atoms with Gasteiger partial charge in [0.1, 0.15) is 0 Å². The molecule has 1 aliphatic heterocycles. The third-order valence-electron chi connectivity index (χ3n) is 5.44. The largest absolute Gasteiger partial charge is 0.452 e. The molecule has 2 aromatic carbocycles. The first-order valence-electron chi connectivity index (χ1n) is 10.8. The normalized spacial score (nSPS) is 15.0. The lowest BCUT2D eigenvalue weighted by Crippen LogP contribution is -2.35. The molecule has 1 aliphatic rings. The number of hydrogen-bond donors (Lipinski definition) is 1. The number of anilines is 1. The highest BCUT2D eigenvalue weighted by molar-refractivity contribution is 7.89. The van der Waals surface area contributed by atoms with Gasteiger partial charge in [-0.3, -0.25) is 4.79 Å². The van der Waals surface area contributed by atoms with E-state index in [1.54, 1.807) is 0 Å². The Balaban J connectivity index is 1.71. The Bertz CT molecular complexity index is 1370. The van der Waals surface area contributed by atoms with Crippen LogP contribution in [0.25, 0.3) is 0 Å². The van der Waals surface area contributed by atoms with E-state index in [0.29, 0.717) is 13.1 Å². The van der Waals surface area contributed by atoms with Crippen molar-refractivity contribution in [1.82, 2.24) is 8.61 Å². The van der Waals surface area contributed by atoms with Crippen LogP contribution < -0.4 is 5.32 Å². The topological polar surface area (TPSA) is 130 Å². The third-order valence-corrected chi connectivity index (χ3v) is 9.80. The van der Waals surface area contributed by atoms with Crippen LogP contribution in [0.15, 0.2) is 46.2 Å². The maximum Gasteiger partial charge on any atom is 0.340 e. The van der Waals surface area contributed by atoms with Gasteiger partial charge < -0.3 is 10.1 Å². The molecule has 0 atom stereocenters. The van der Waals surface area contributed by atoms with Crippen LogP contribution in [0.5, 0.6) is 0 Å². The molecular formula is C22H25Cl2N3O7S2. The zero-order chi connectivity index (χ0) is 26.7. The van der Waals surface area contributed by atoms with Crippen LogP contribution in [0.4, 0.5) is 5.69 Å². The number of carbonyl (C=O) groups is 2. The van der Waals surface area contributed by atoms with E-state index in [1.807, 2.05) is 0 Å². The summed E-state index contributed by atoms with van der Waals surface area (Å²) in [6.45, 7) is 0.0870. The molecule has 2 aromatic rings. The predicted octanol–water partition coefficient (Wildman–Crippen LogP) is 3.21. The van der Waals surface area contributed by atoms with Crippen LogP contribution in [0.2, 0.25) is 10.0 Å². The van der Waals surface area contributed by atoms with Crippen molar-refractivity contribution in [2.75, 3.05) is 39.1 Å². The molecule has 3 rings (SSSR count). The molecule has 0 saturated carbocycles. The van der Waals surface area contributed by atoms with Crippen molar-refractivity contribution < 1.29 is 31.2 Å². The highest BCUT2D eigenvalue weighted by Gasteiger charge is 2.27. The van der Waals surface area contributed by atoms with Crippen LogP contribution in [0, 0.1) is 0 Å². The van der Waals surface area contributed by atoms with Crippen LogP contribution >= 0.6 is 23.2 Å². The van der Waals surface area contributed by atoms with E-state index in [9.17, 15) is 26.4 Å². The lowest BCUT2D eigenvalue weighted by Gasteiger charge is -2.26. The number of esters is 1. The number of hydrogen-bond acceptors (Lipinski definition) is 7. The number of amides is 1. The minimum Gasteiger partial charge on any atom is -0.452 e. The number of piperidine rings is 1. The van der Waals surface area contributed by atoms with E-state index >= 15 is 0 Å². The summed E-state index contributed by atoms with van der Waals surface area (Å²) in [6.07, 6.45) is 2.51. The highest BCUT2D eigenvalue weighted by atomic mass is 35.5. The van der Waals surface area contributed by atoms with E-state index in [2.05, 4.69) is 5.32 Å². The molecule has 0 unspecified atom stereocenters. The van der Waals surface area contributed by atoms with Gasteiger partial charge in [0.2, 0.25) is 20.0 Å². The van der Waals surface area contributed by atoms with Crippen LogP contribution in [0.3, 0.4) is 0 Å². The SMILES string of the molecule is CN(C)S(=O)(=O)c1ccc(Cl)c(C(=O)OCC(=O)Nc2cc(S(=O)(=O)N3CCCCC3)ccc2Cl)c1. The molecule has 0 spiro atoms. The Morgan fingerprint density at radius 3 is 2.19 bits per heavy atom. The summed E-state index contributed by atoms with van der Waals surface area (Å²) in [7, 11) is -4.91. The van der Waals surface area contributed by atoms with Crippen molar-refractivity contribution in [2.24, 2.45) is 0 Å². The lowest BCUT2D eigenvalue weighted by molar-refractivity contribution is -0.119. The average molecular weight is 578 g/mol. The summed E-state index contributed by atoms with van der Waals surface area (Å²) < 4.78 is 57.9. The standard InChI is InChI=1S/C22H25Cl2N3O7S2/c1-26(2)35(30,31)15-6-8-18(23)17(12-15)22(29)34-14-21(28)25-20-13-16(7-9-19(20)24)36(32,33)27-10-4-3-5-11-27/h6-9,12-13H,3-5,10-11,14H2,1-2H3,(H,25,28). The number of benzene rings is 2. The monoisotopic (exact) mass is 577 g/mol.